The SMILES string of the molecule is COc1cc(CC(C)(C)Cc2ccc(F)cc2)cc(F)c1CN1CCC[C@@H](C)C1. The highest BCUT2D eigenvalue weighted by Gasteiger charge is 2.23. The number of nitrogens with zero attached hydrogens (tertiary/aromatic N) is 1. The fourth-order valence-electron chi connectivity index (χ4n) is 4.53. The fourth-order valence-corrected chi connectivity index (χ4v) is 4.53. The molecule has 0 aliphatic carbocycles. The summed E-state index contributed by atoms with van der Waals surface area (Å²) in [6, 6.07) is 10.3. The number of methoxy groups -OCH3 is 1. The van der Waals surface area contributed by atoms with Crippen LogP contribution >= 0.6 is 0 Å². The summed E-state index contributed by atoms with van der Waals surface area (Å²) in [4.78, 5) is 2.33. The van der Waals surface area contributed by atoms with Gasteiger partial charge in [-0.25, -0.2) is 8.78 Å². The van der Waals surface area contributed by atoms with Crippen molar-refractivity contribution in [3.05, 3.63) is 64.7 Å². The highest BCUT2D eigenvalue weighted by Crippen LogP contribution is 2.32. The van der Waals surface area contributed by atoms with Gasteiger partial charge in [-0.15, -0.1) is 0 Å². The molecule has 2 nitrogen and oxygen atoms in total. The molecule has 1 fully saturated rings. The number of hydrogen-bond acceptors (Lipinski definition) is 2. The molecule has 4 heteroatoms. The lowest BCUT2D eigenvalue weighted by Crippen LogP contribution is -2.34. The minimum atomic E-state index is -0.225. The van der Waals surface area contributed by atoms with Crippen molar-refractivity contribution < 1.29 is 13.5 Å². The van der Waals surface area contributed by atoms with Gasteiger partial charge in [0.05, 0.1) is 7.11 Å². The molecule has 2 aromatic carbocycles. The van der Waals surface area contributed by atoms with Crippen LogP contribution in [0, 0.1) is 23.0 Å². The molecule has 158 valence electrons. The van der Waals surface area contributed by atoms with Gasteiger partial charge in [-0.05, 0) is 79.0 Å². The lowest BCUT2D eigenvalue weighted by molar-refractivity contribution is 0.173. The van der Waals surface area contributed by atoms with Crippen LogP contribution < -0.4 is 4.74 Å². The van der Waals surface area contributed by atoms with Crippen LogP contribution in [0.2, 0.25) is 0 Å². The van der Waals surface area contributed by atoms with E-state index in [0.29, 0.717) is 23.8 Å². The maximum atomic E-state index is 15.0. The molecule has 1 aliphatic rings. The molecule has 1 atom stereocenters. The van der Waals surface area contributed by atoms with E-state index in [2.05, 4.69) is 25.7 Å². The highest BCUT2D eigenvalue weighted by atomic mass is 19.1. The normalized spacial score (nSPS) is 18.1. The molecule has 0 bridgehead atoms. The van der Waals surface area contributed by atoms with Gasteiger partial charge in [0.25, 0.3) is 0 Å². The number of likely N-dealkylation sites (tertiary alicyclic amines) is 1. The second-order valence-corrected chi connectivity index (χ2v) is 9.39. The van der Waals surface area contributed by atoms with E-state index in [0.717, 1.165) is 37.1 Å². The molecule has 0 aromatic heterocycles. The molecule has 1 heterocycles. The number of rotatable bonds is 7. The van der Waals surface area contributed by atoms with Gasteiger partial charge in [0.15, 0.2) is 0 Å². The molecule has 0 unspecified atom stereocenters. The summed E-state index contributed by atoms with van der Waals surface area (Å²) >= 11 is 0. The first-order valence-electron chi connectivity index (χ1n) is 10.6. The van der Waals surface area contributed by atoms with Crippen molar-refractivity contribution >= 4 is 0 Å². The van der Waals surface area contributed by atoms with E-state index in [4.69, 9.17) is 4.74 Å². The van der Waals surface area contributed by atoms with Gasteiger partial charge in [-0.3, -0.25) is 4.90 Å². The third kappa shape index (κ3) is 6.02. The van der Waals surface area contributed by atoms with E-state index >= 15 is 4.39 Å². The summed E-state index contributed by atoms with van der Waals surface area (Å²) < 4.78 is 33.8. The van der Waals surface area contributed by atoms with Crippen LogP contribution in [0.5, 0.6) is 5.75 Å². The van der Waals surface area contributed by atoms with Gasteiger partial charge in [0, 0.05) is 18.7 Å². The van der Waals surface area contributed by atoms with E-state index in [1.807, 2.05) is 18.2 Å². The summed E-state index contributed by atoms with van der Waals surface area (Å²) in [7, 11) is 1.62. The summed E-state index contributed by atoms with van der Waals surface area (Å²) in [6.45, 7) is 9.19. The van der Waals surface area contributed by atoms with Crippen LogP contribution in [0.3, 0.4) is 0 Å². The first-order valence-corrected chi connectivity index (χ1v) is 10.6. The van der Waals surface area contributed by atoms with Crippen LogP contribution in [-0.2, 0) is 19.4 Å². The molecule has 0 spiro atoms. The Morgan fingerprint density at radius 3 is 2.41 bits per heavy atom. The van der Waals surface area contributed by atoms with Crippen molar-refractivity contribution in [2.24, 2.45) is 11.3 Å². The second kappa shape index (κ2) is 9.25. The average Bonchev–Trinajstić information content (AvgIpc) is 2.65. The largest absolute Gasteiger partial charge is 0.496 e. The van der Waals surface area contributed by atoms with Crippen molar-refractivity contribution in [3.8, 4) is 5.75 Å². The number of hydrogen-bond donors (Lipinski definition) is 0. The number of halogens is 2. The number of benzene rings is 2. The van der Waals surface area contributed by atoms with Crippen LogP contribution in [-0.4, -0.2) is 25.1 Å². The van der Waals surface area contributed by atoms with E-state index < -0.39 is 0 Å². The van der Waals surface area contributed by atoms with Gasteiger partial charge in [0.1, 0.15) is 17.4 Å². The predicted octanol–water partition coefficient (Wildman–Crippen LogP) is 6.02. The Balaban J connectivity index is 1.74. The van der Waals surface area contributed by atoms with Crippen molar-refractivity contribution in [3.63, 3.8) is 0 Å². The molecule has 0 N–H and O–H groups in total. The van der Waals surface area contributed by atoms with E-state index in [1.165, 1.54) is 25.0 Å². The van der Waals surface area contributed by atoms with Crippen LogP contribution in [0.1, 0.15) is 50.3 Å². The van der Waals surface area contributed by atoms with Crippen molar-refractivity contribution in [1.29, 1.82) is 0 Å². The highest BCUT2D eigenvalue weighted by molar-refractivity contribution is 5.39. The van der Waals surface area contributed by atoms with Gasteiger partial charge >= 0.3 is 0 Å². The molecule has 0 saturated carbocycles. The quantitative estimate of drug-likeness (QED) is 0.563. The molecular weight excluding hydrogens is 368 g/mol. The molecule has 2 aromatic rings. The zero-order valence-electron chi connectivity index (χ0n) is 18.1. The molecule has 0 amide bonds. The number of piperidine rings is 1. The molecule has 3 rings (SSSR count). The molecule has 1 aliphatic heterocycles. The maximum Gasteiger partial charge on any atom is 0.131 e. The van der Waals surface area contributed by atoms with Crippen molar-refractivity contribution in [2.45, 2.75) is 53.0 Å². The minimum absolute atomic E-state index is 0.0842. The third-order valence-corrected chi connectivity index (χ3v) is 5.84. The molecule has 29 heavy (non-hydrogen) atoms. The standard InChI is InChI=1S/C25H33F2NO/c1-18-6-5-11-28(16-18)17-22-23(27)12-20(13-24(22)29-4)15-25(2,3)14-19-7-9-21(26)10-8-19/h7-10,12-13,18H,5-6,11,14-17H2,1-4H3/t18-/m1/s1. The van der Waals surface area contributed by atoms with Crippen LogP contribution in [0.25, 0.3) is 0 Å². The Hall–Kier alpha value is -1.94. The summed E-state index contributed by atoms with van der Waals surface area (Å²) in [5.41, 5.74) is 2.59. The topological polar surface area (TPSA) is 12.5 Å². The van der Waals surface area contributed by atoms with Gasteiger partial charge < -0.3 is 4.74 Å². The van der Waals surface area contributed by atoms with E-state index in [-0.39, 0.29) is 17.0 Å². The molecule has 1 saturated heterocycles. The Bertz CT molecular complexity index is 816. The first kappa shape index (κ1) is 21.8. The fraction of sp³-hybridized carbons (Fsp3) is 0.520. The molecular formula is C25H33F2NO. The van der Waals surface area contributed by atoms with Gasteiger partial charge in [0.2, 0.25) is 0 Å². The van der Waals surface area contributed by atoms with Crippen molar-refractivity contribution in [1.82, 2.24) is 4.90 Å². The first-order chi connectivity index (χ1) is 13.8. The zero-order valence-corrected chi connectivity index (χ0v) is 18.1. The van der Waals surface area contributed by atoms with Gasteiger partial charge in [-0.2, -0.15) is 0 Å². The monoisotopic (exact) mass is 401 g/mol. The van der Waals surface area contributed by atoms with Crippen LogP contribution in [0.4, 0.5) is 8.78 Å². The Kier molecular flexibility index (Phi) is 6.94. The Morgan fingerprint density at radius 2 is 1.76 bits per heavy atom. The Morgan fingerprint density at radius 1 is 1.07 bits per heavy atom. The third-order valence-electron chi connectivity index (χ3n) is 5.84. The summed E-state index contributed by atoms with van der Waals surface area (Å²) in [5.74, 6) is 0.882. The zero-order chi connectivity index (χ0) is 21.0. The van der Waals surface area contributed by atoms with E-state index in [9.17, 15) is 4.39 Å². The average molecular weight is 402 g/mol. The van der Waals surface area contributed by atoms with E-state index in [1.54, 1.807) is 13.2 Å². The lowest BCUT2D eigenvalue weighted by Gasteiger charge is -2.31. The van der Waals surface area contributed by atoms with Gasteiger partial charge in [-0.1, -0.05) is 32.9 Å². The smallest absolute Gasteiger partial charge is 0.131 e. The second-order valence-electron chi connectivity index (χ2n) is 9.39. The summed E-state index contributed by atoms with van der Waals surface area (Å²) in [6.07, 6.45) is 3.93. The Labute approximate surface area is 173 Å². The van der Waals surface area contributed by atoms with Crippen LogP contribution in [0.15, 0.2) is 36.4 Å². The predicted molar refractivity (Wildman–Crippen MR) is 114 cm³/mol. The minimum Gasteiger partial charge on any atom is -0.496 e. The maximum absolute atomic E-state index is 15.0. The molecule has 0 radical (unpaired) electrons. The summed E-state index contributed by atoms with van der Waals surface area (Å²) in [5, 5.41) is 0. The lowest BCUT2D eigenvalue weighted by atomic mass is 9.80. The van der Waals surface area contributed by atoms with Crippen molar-refractivity contribution in [2.75, 3.05) is 20.2 Å². The number of ether oxygens (including phenoxy) is 1.